The molecule has 22 heavy (non-hydrogen) atoms. The zero-order chi connectivity index (χ0) is 14.5. The first kappa shape index (κ1) is 16.4. The fourth-order valence-corrected chi connectivity index (χ4v) is 2.30. The van der Waals surface area contributed by atoms with Crippen LogP contribution in [0.25, 0.3) is 0 Å². The number of para-hydroxylation sites is 1. The van der Waals surface area contributed by atoms with Crippen molar-refractivity contribution >= 4 is 18.3 Å². The lowest BCUT2D eigenvalue weighted by Gasteiger charge is -2.18. The molecule has 0 spiro atoms. The number of hydrogen-bond acceptors (Lipinski definition) is 4. The van der Waals surface area contributed by atoms with Gasteiger partial charge in [-0.2, -0.15) is 0 Å². The summed E-state index contributed by atoms with van der Waals surface area (Å²) in [5.41, 5.74) is 0. The van der Waals surface area contributed by atoms with Gasteiger partial charge in [0.25, 0.3) is 11.9 Å². The number of nitrogens with zero attached hydrogens (tertiary/aromatic N) is 1. The van der Waals surface area contributed by atoms with E-state index < -0.39 is 0 Å². The second-order valence-electron chi connectivity index (χ2n) is 4.93. The van der Waals surface area contributed by atoms with Gasteiger partial charge in [0.1, 0.15) is 5.75 Å². The van der Waals surface area contributed by atoms with Crippen molar-refractivity contribution in [1.29, 1.82) is 0 Å². The quantitative estimate of drug-likeness (QED) is 0.944. The van der Waals surface area contributed by atoms with E-state index in [1.807, 2.05) is 35.2 Å². The van der Waals surface area contributed by atoms with E-state index in [1.165, 1.54) is 0 Å². The molecule has 118 valence electrons. The predicted octanol–water partition coefficient (Wildman–Crippen LogP) is 2.93. The number of carbonyl (C=O) groups excluding carboxylic acids is 1. The van der Waals surface area contributed by atoms with Gasteiger partial charge in [-0.05, 0) is 31.2 Å². The highest BCUT2D eigenvalue weighted by molar-refractivity contribution is 5.91. The summed E-state index contributed by atoms with van der Waals surface area (Å²) in [6.07, 6.45) is 0.958. The Morgan fingerprint density at radius 2 is 1.91 bits per heavy atom. The summed E-state index contributed by atoms with van der Waals surface area (Å²) in [5, 5.41) is 3.27. The van der Waals surface area contributed by atoms with Crippen LogP contribution in [-0.4, -0.2) is 37.0 Å². The molecular weight excluding hydrogens is 304 g/mol. The molecule has 1 amide bonds. The number of amides is 1. The van der Waals surface area contributed by atoms with Crippen LogP contribution in [0.2, 0.25) is 0 Å². The summed E-state index contributed by atoms with van der Waals surface area (Å²) < 4.78 is 11.1. The molecule has 1 saturated heterocycles. The summed E-state index contributed by atoms with van der Waals surface area (Å²) in [6.45, 7) is 3.22. The van der Waals surface area contributed by atoms with Crippen molar-refractivity contribution in [3.8, 4) is 11.7 Å². The van der Waals surface area contributed by atoms with E-state index in [0.717, 1.165) is 26.1 Å². The topological polar surface area (TPSA) is 54.7 Å². The molecule has 0 unspecified atom stereocenters. The molecule has 3 rings (SSSR count). The molecule has 1 aromatic carbocycles. The Morgan fingerprint density at radius 1 is 1.09 bits per heavy atom. The molecule has 1 fully saturated rings. The summed E-state index contributed by atoms with van der Waals surface area (Å²) in [7, 11) is 0. The maximum atomic E-state index is 12.4. The van der Waals surface area contributed by atoms with Crippen molar-refractivity contribution < 1.29 is 13.9 Å². The highest BCUT2D eigenvalue weighted by atomic mass is 35.5. The lowest BCUT2D eigenvalue weighted by molar-refractivity contribution is 0.0729. The fraction of sp³-hybridized carbons (Fsp3) is 0.312. The van der Waals surface area contributed by atoms with Crippen molar-refractivity contribution in [2.45, 2.75) is 6.42 Å². The van der Waals surface area contributed by atoms with Gasteiger partial charge in [0, 0.05) is 25.7 Å². The van der Waals surface area contributed by atoms with Crippen molar-refractivity contribution in [3.05, 3.63) is 48.2 Å². The molecule has 1 aromatic heterocycles. The summed E-state index contributed by atoms with van der Waals surface area (Å²) in [4.78, 5) is 14.2. The van der Waals surface area contributed by atoms with Crippen molar-refractivity contribution in [3.63, 3.8) is 0 Å². The van der Waals surface area contributed by atoms with Crippen molar-refractivity contribution in [1.82, 2.24) is 10.2 Å². The van der Waals surface area contributed by atoms with Crippen LogP contribution >= 0.6 is 12.4 Å². The van der Waals surface area contributed by atoms with Crippen LogP contribution in [0, 0.1) is 0 Å². The first-order chi connectivity index (χ1) is 10.3. The van der Waals surface area contributed by atoms with Gasteiger partial charge in [0.2, 0.25) is 0 Å². The van der Waals surface area contributed by atoms with E-state index in [-0.39, 0.29) is 18.3 Å². The number of hydrogen-bond donors (Lipinski definition) is 1. The number of benzene rings is 1. The fourth-order valence-electron chi connectivity index (χ4n) is 2.30. The van der Waals surface area contributed by atoms with Gasteiger partial charge >= 0.3 is 0 Å². The molecule has 1 aliphatic rings. The molecule has 0 aliphatic carbocycles. The molecule has 1 aliphatic heterocycles. The summed E-state index contributed by atoms with van der Waals surface area (Å²) in [6, 6.07) is 12.7. The van der Waals surface area contributed by atoms with Gasteiger partial charge in [-0.1, -0.05) is 18.2 Å². The van der Waals surface area contributed by atoms with Crippen LogP contribution in [0.3, 0.4) is 0 Å². The number of furan rings is 1. The first-order valence-corrected chi connectivity index (χ1v) is 7.16. The average Bonchev–Trinajstić information content (AvgIpc) is 2.81. The lowest BCUT2D eigenvalue weighted by atomic mass is 10.3. The molecule has 2 aromatic rings. The average molecular weight is 323 g/mol. The number of rotatable bonds is 3. The molecule has 2 heterocycles. The third-order valence-corrected chi connectivity index (χ3v) is 3.38. The molecular formula is C16H19ClN2O3. The van der Waals surface area contributed by atoms with Crippen LogP contribution in [0.5, 0.6) is 11.7 Å². The Hall–Kier alpha value is -1.98. The van der Waals surface area contributed by atoms with E-state index in [2.05, 4.69) is 5.32 Å². The first-order valence-electron chi connectivity index (χ1n) is 7.16. The molecule has 5 nitrogen and oxygen atoms in total. The van der Waals surface area contributed by atoms with Gasteiger partial charge in [-0.3, -0.25) is 4.79 Å². The number of ether oxygens (including phenoxy) is 1. The monoisotopic (exact) mass is 322 g/mol. The SMILES string of the molecule is Cl.O=C(c1ccc(Oc2ccccc2)o1)N1CCCNCC1. The lowest BCUT2D eigenvalue weighted by Crippen LogP contribution is -2.33. The highest BCUT2D eigenvalue weighted by Gasteiger charge is 2.20. The summed E-state index contributed by atoms with van der Waals surface area (Å²) >= 11 is 0. The Morgan fingerprint density at radius 3 is 2.73 bits per heavy atom. The molecule has 6 heteroatoms. The van der Waals surface area contributed by atoms with E-state index in [4.69, 9.17) is 9.15 Å². The standard InChI is InChI=1S/C16H18N2O3.ClH/c19-16(18-11-4-9-17-10-12-18)14-7-8-15(21-14)20-13-5-2-1-3-6-13;/h1-3,5-8,17H,4,9-12H2;1H. The van der Waals surface area contributed by atoms with Gasteiger partial charge in [0.15, 0.2) is 5.76 Å². The van der Waals surface area contributed by atoms with E-state index >= 15 is 0 Å². The normalized spacial score (nSPS) is 14.8. The maximum Gasteiger partial charge on any atom is 0.290 e. The Balaban J connectivity index is 0.00000176. The largest absolute Gasteiger partial charge is 0.426 e. The van der Waals surface area contributed by atoms with Crippen LogP contribution in [0.15, 0.2) is 46.9 Å². The minimum atomic E-state index is -0.0818. The van der Waals surface area contributed by atoms with Crippen LogP contribution in [-0.2, 0) is 0 Å². The van der Waals surface area contributed by atoms with Crippen LogP contribution in [0.1, 0.15) is 17.0 Å². The minimum absolute atomic E-state index is 0. The van der Waals surface area contributed by atoms with Gasteiger partial charge in [0.05, 0.1) is 0 Å². The smallest absolute Gasteiger partial charge is 0.290 e. The minimum Gasteiger partial charge on any atom is -0.426 e. The predicted molar refractivity (Wildman–Crippen MR) is 85.9 cm³/mol. The highest BCUT2D eigenvalue weighted by Crippen LogP contribution is 2.24. The van der Waals surface area contributed by atoms with Crippen molar-refractivity contribution in [2.75, 3.05) is 26.2 Å². The van der Waals surface area contributed by atoms with Gasteiger partial charge in [-0.15, -0.1) is 12.4 Å². The van der Waals surface area contributed by atoms with Crippen molar-refractivity contribution in [2.24, 2.45) is 0 Å². The van der Waals surface area contributed by atoms with Crippen LogP contribution in [0.4, 0.5) is 0 Å². The van der Waals surface area contributed by atoms with E-state index in [1.54, 1.807) is 12.1 Å². The number of halogens is 1. The third-order valence-electron chi connectivity index (χ3n) is 3.38. The Labute approximate surface area is 135 Å². The van der Waals surface area contributed by atoms with E-state index in [0.29, 0.717) is 24.0 Å². The van der Waals surface area contributed by atoms with E-state index in [9.17, 15) is 4.79 Å². The zero-order valence-electron chi connectivity index (χ0n) is 12.2. The molecule has 0 radical (unpaired) electrons. The van der Waals surface area contributed by atoms with Gasteiger partial charge in [-0.25, -0.2) is 0 Å². The number of nitrogens with one attached hydrogen (secondary N) is 1. The second kappa shape index (κ2) is 7.87. The molecule has 0 saturated carbocycles. The van der Waals surface area contributed by atoms with Gasteiger partial charge < -0.3 is 19.4 Å². The molecule has 0 bridgehead atoms. The zero-order valence-corrected chi connectivity index (χ0v) is 13.0. The number of carbonyl (C=O) groups is 1. The van der Waals surface area contributed by atoms with Crippen LogP contribution < -0.4 is 10.1 Å². The molecule has 1 N–H and O–H groups in total. The summed E-state index contributed by atoms with van der Waals surface area (Å²) in [5.74, 6) is 1.26. The second-order valence-corrected chi connectivity index (χ2v) is 4.93. The maximum absolute atomic E-state index is 12.4. The third kappa shape index (κ3) is 4.02. The Kier molecular flexibility index (Phi) is 5.86. The Bertz CT molecular complexity index is 592. The molecule has 0 atom stereocenters.